The van der Waals surface area contributed by atoms with Crippen LogP contribution in [0, 0.1) is 0 Å². The highest BCUT2D eigenvalue weighted by Crippen LogP contribution is 2.58. The standard InChI is InChI=1S/C3HF5O2/c4-1(2(5,6)9)3(7,8)10-1/h9H. The summed E-state index contributed by atoms with van der Waals surface area (Å²) in [5.74, 6) is -4.53. The lowest BCUT2D eigenvalue weighted by atomic mass is 10.4. The van der Waals surface area contributed by atoms with Gasteiger partial charge in [0.05, 0.1) is 0 Å². The Kier molecular flexibility index (Phi) is 1.09. The highest BCUT2D eigenvalue weighted by atomic mass is 19.3. The van der Waals surface area contributed by atoms with Gasteiger partial charge in [0.15, 0.2) is 0 Å². The van der Waals surface area contributed by atoms with Gasteiger partial charge in [-0.15, -0.1) is 0 Å². The van der Waals surface area contributed by atoms with Crippen molar-refractivity contribution in [3.63, 3.8) is 0 Å². The first-order valence-electron chi connectivity index (χ1n) is 2.08. The van der Waals surface area contributed by atoms with E-state index < -0.39 is 18.1 Å². The molecule has 0 aromatic carbocycles. The third-order valence-corrected chi connectivity index (χ3v) is 0.988. The minimum Gasteiger partial charge on any atom is -0.331 e. The van der Waals surface area contributed by atoms with Crippen molar-refractivity contribution in [2.75, 3.05) is 0 Å². The molecule has 60 valence electrons. The van der Waals surface area contributed by atoms with Crippen molar-refractivity contribution in [2.45, 2.75) is 18.1 Å². The van der Waals surface area contributed by atoms with E-state index in [1.54, 1.807) is 0 Å². The van der Waals surface area contributed by atoms with E-state index >= 15 is 0 Å². The van der Waals surface area contributed by atoms with Crippen LogP contribution in [0.2, 0.25) is 0 Å². The maximum absolute atomic E-state index is 11.8. The molecule has 0 aliphatic carbocycles. The van der Waals surface area contributed by atoms with Gasteiger partial charge in [-0.2, -0.15) is 22.0 Å². The second kappa shape index (κ2) is 1.42. The lowest BCUT2D eigenvalue weighted by Crippen LogP contribution is -2.36. The van der Waals surface area contributed by atoms with Crippen LogP contribution < -0.4 is 0 Å². The molecule has 1 aliphatic heterocycles. The molecule has 1 saturated heterocycles. The number of aliphatic hydroxyl groups is 1. The topological polar surface area (TPSA) is 32.8 Å². The molecule has 1 N–H and O–H groups in total. The van der Waals surface area contributed by atoms with Gasteiger partial charge in [-0.05, 0) is 0 Å². The first-order valence-corrected chi connectivity index (χ1v) is 2.08. The van der Waals surface area contributed by atoms with E-state index in [-0.39, 0.29) is 0 Å². The zero-order chi connectivity index (χ0) is 8.21. The first-order chi connectivity index (χ1) is 4.21. The maximum atomic E-state index is 11.8. The van der Waals surface area contributed by atoms with E-state index in [1.807, 2.05) is 0 Å². The molecule has 0 saturated carbocycles. The predicted molar refractivity (Wildman–Crippen MR) is 17.0 cm³/mol. The molecule has 10 heavy (non-hydrogen) atoms. The third-order valence-electron chi connectivity index (χ3n) is 0.988. The van der Waals surface area contributed by atoms with Gasteiger partial charge in [0.1, 0.15) is 0 Å². The molecule has 1 fully saturated rings. The fourth-order valence-electron chi connectivity index (χ4n) is 0.388. The average molecular weight is 164 g/mol. The molecule has 7 heteroatoms. The smallest absolute Gasteiger partial charge is 0.331 e. The molecule has 0 aromatic heterocycles. The van der Waals surface area contributed by atoms with Gasteiger partial charge < -0.3 is 5.11 Å². The van der Waals surface area contributed by atoms with E-state index in [1.165, 1.54) is 0 Å². The van der Waals surface area contributed by atoms with Gasteiger partial charge in [-0.3, -0.25) is 4.74 Å². The Bertz CT molecular complexity index is 163. The van der Waals surface area contributed by atoms with Crippen molar-refractivity contribution >= 4 is 0 Å². The van der Waals surface area contributed by atoms with Crippen LogP contribution >= 0.6 is 0 Å². The summed E-state index contributed by atoms with van der Waals surface area (Å²) in [7, 11) is 0. The van der Waals surface area contributed by atoms with Crippen LogP contribution in [0.5, 0.6) is 0 Å². The molecule has 2 nitrogen and oxygen atoms in total. The van der Waals surface area contributed by atoms with E-state index in [0.717, 1.165) is 0 Å². The average Bonchev–Trinajstić information content (AvgIpc) is 2.05. The lowest BCUT2D eigenvalue weighted by Gasteiger charge is -2.07. The summed E-state index contributed by atoms with van der Waals surface area (Å²) in [6.45, 7) is 0. The Morgan fingerprint density at radius 3 is 1.50 bits per heavy atom. The fraction of sp³-hybridized carbons (Fsp3) is 1.00. The molecule has 1 aliphatic rings. The molecule has 1 atom stereocenters. The number of hydrogen-bond donors (Lipinski definition) is 1. The van der Waals surface area contributed by atoms with E-state index in [0.29, 0.717) is 0 Å². The van der Waals surface area contributed by atoms with Crippen molar-refractivity contribution < 1.29 is 31.8 Å². The van der Waals surface area contributed by atoms with Gasteiger partial charge in [0.25, 0.3) is 0 Å². The van der Waals surface area contributed by atoms with Crippen LogP contribution in [0.25, 0.3) is 0 Å². The van der Waals surface area contributed by atoms with E-state index in [4.69, 9.17) is 5.11 Å². The van der Waals surface area contributed by atoms with Gasteiger partial charge in [0.2, 0.25) is 0 Å². The van der Waals surface area contributed by atoms with Crippen LogP contribution in [0.1, 0.15) is 0 Å². The maximum Gasteiger partial charge on any atom is 0.427 e. The summed E-state index contributed by atoms with van der Waals surface area (Å²) in [6, 6.07) is 0. The Morgan fingerprint density at radius 1 is 1.20 bits per heavy atom. The van der Waals surface area contributed by atoms with Crippen molar-refractivity contribution in [3.8, 4) is 0 Å². The zero-order valence-corrected chi connectivity index (χ0v) is 4.25. The largest absolute Gasteiger partial charge is 0.427 e. The van der Waals surface area contributed by atoms with Crippen LogP contribution in [-0.2, 0) is 4.74 Å². The molecule has 1 rings (SSSR count). The molecule has 0 radical (unpaired) electrons. The minimum atomic E-state index is -5.16. The number of epoxide rings is 1. The number of rotatable bonds is 1. The van der Waals surface area contributed by atoms with Gasteiger partial charge in [0, 0.05) is 0 Å². The normalized spacial score (nSPS) is 37.8. The zero-order valence-electron chi connectivity index (χ0n) is 4.25. The predicted octanol–water partition coefficient (Wildman–Crippen LogP) is 0.860. The second-order valence-electron chi connectivity index (χ2n) is 1.76. The second-order valence-corrected chi connectivity index (χ2v) is 1.76. The quantitative estimate of drug-likeness (QED) is 0.460. The molecule has 0 aromatic rings. The Balaban J connectivity index is 2.78. The third kappa shape index (κ3) is 0.702. The highest BCUT2D eigenvalue weighted by Gasteiger charge is 2.89. The lowest BCUT2D eigenvalue weighted by molar-refractivity contribution is -0.283. The molecular formula is C3HF5O2. The molecule has 1 heterocycles. The molecule has 0 bridgehead atoms. The summed E-state index contributed by atoms with van der Waals surface area (Å²) in [5.41, 5.74) is 0. The summed E-state index contributed by atoms with van der Waals surface area (Å²) >= 11 is 0. The Morgan fingerprint density at radius 2 is 1.50 bits per heavy atom. The number of alkyl halides is 5. The minimum absolute atomic E-state index is 2.66. The fourth-order valence-corrected chi connectivity index (χ4v) is 0.388. The molecule has 1 unspecified atom stereocenters. The molecule has 0 amide bonds. The Hall–Kier alpha value is -0.430. The van der Waals surface area contributed by atoms with Crippen LogP contribution in [0.15, 0.2) is 0 Å². The summed E-state index contributed by atoms with van der Waals surface area (Å²) < 4.78 is 60.1. The van der Waals surface area contributed by atoms with Crippen molar-refractivity contribution in [1.29, 1.82) is 0 Å². The van der Waals surface area contributed by atoms with Crippen LogP contribution in [0.4, 0.5) is 22.0 Å². The van der Waals surface area contributed by atoms with Crippen molar-refractivity contribution in [1.82, 2.24) is 0 Å². The first kappa shape index (κ1) is 7.67. The van der Waals surface area contributed by atoms with Gasteiger partial charge >= 0.3 is 18.1 Å². The SMILES string of the molecule is OC(F)(F)C1(F)OC1(F)F. The van der Waals surface area contributed by atoms with E-state index in [2.05, 4.69) is 4.74 Å². The van der Waals surface area contributed by atoms with Crippen LogP contribution in [0.3, 0.4) is 0 Å². The summed E-state index contributed by atoms with van der Waals surface area (Å²) in [4.78, 5) is 0. The Labute approximate surface area is 51.2 Å². The van der Waals surface area contributed by atoms with Crippen molar-refractivity contribution in [3.05, 3.63) is 0 Å². The monoisotopic (exact) mass is 164 g/mol. The highest BCUT2D eigenvalue weighted by molar-refractivity contribution is 4.99. The van der Waals surface area contributed by atoms with Gasteiger partial charge in [-0.1, -0.05) is 0 Å². The van der Waals surface area contributed by atoms with Crippen molar-refractivity contribution in [2.24, 2.45) is 0 Å². The van der Waals surface area contributed by atoms with Crippen LogP contribution in [-0.4, -0.2) is 23.2 Å². The van der Waals surface area contributed by atoms with Gasteiger partial charge in [-0.25, -0.2) is 0 Å². The molecule has 0 spiro atoms. The number of hydrogen-bond acceptors (Lipinski definition) is 2. The number of halogens is 5. The summed E-state index contributed by atoms with van der Waals surface area (Å²) in [5, 5.41) is 7.44. The molecular weight excluding hydrogens is 163 g/mol. The van der Waals surface area contributed by atoms with E-state index in [9.17, 15) is 22.0 Å². The number of ether oxygens (including phenoxy) is 1. The summed E-state index contributed by atoms with van der Waals surface area (Å²) in [6.07, 6.45) is -9.73.